The zero-order valence-electron chi connectivity index (χ0n) is 17.8. The van der Waals surface area contributed by atoms with Gasteiger partial charge in [0.25, 0.3) is 11.1 Å². The lowest BCUT2D eigenvalue weighted by Crippen LogP contribution is -2.46. The molecule has 0 bridgehead atoms. The summed E-state index contributed by atoms with van der Waals surface area (Å²) in [5, 5.41) is -0.436. The lowest BCUT2D eigenvalue weighted by molar-refractivity contribution is -0.139. The molecule has 0 aliphatic carbocycles. The molecule has 0 saturated carbocycles. The summed E-state index contributed by atoms with van der Waals surface area (Å²) in [6.07, 6.45) is 1.66. The van der Waals surface area contributed by atoms with Crippen molar-refractivity contribution in [1.82, 2.24) is 9.80 Å². The molecule has 3 amide bonds. The summed E-state index contributed by atoms with van der Waals surface area (Å²) >= 11 is 0.845. The Kier molecular flexibility index (Phi) is 6.92. The van der Waals surface area contributed by atoms with Crippen molar-refractivity contribution in [2.75, 3.05) is 32.8 Å². The van der Waals surface area contributed by atoms with Crippen LogP contribution in [-0.2, 0) is 20.9 Å². The van der Waals surface area contributed by atoms with Gasteiger partial charge in [-0.3, -0.25) is 19.3 Å². The minimum absolute atomic E-state index is 0.247. The topological polar surface area (TPSA) is 76.2 Å². The largest absolute Gasteiger partial charge is 0.489 e. The van der Waals surface area contributed by atoms with Gasteiger partial charge in [0.2, 0.25) is 5.91 Å². The molecule has 0 atom stereocenters. The van der Waals surface area contributed by atoms with Crippen molar-refractivity contribution in [2.45, 2.75) is 13.5 Å². The van der Waals surface area contributed by atoms with Crippen LogP contribution in [0.2, 0.25) is 0 Å². The second-order valence-electron chi connectivity index (χ2n) is 7.61. The number of rotatable bonds is 6. The van der Waals surface area contributed by atoms with Gasteiger partial charge < -0.3 is 14.4 Å². The van der Waals surface area contributed by atoms with Gasteiger partial charge in [0.15, 0.2) is 0 Å². The Balaban J connectivity index is 1.40. The van der Waals surface area contributed by atoms with E-state index in [1.54, 1.807) is 11.0 Å². The molecule has 0 aromatic heterocycles. The van der Waals surface area contributed by atoms with Gasteiger partial charge in [-0.15, -0.1) is 0 Å². The molecule has 4 rings (SSSR count). The van der Waals surface area contributed by atoms with Crippen molar-refractivity contribution in [2.24, 2.45) is 0 Å². The van der Waals surface area contributed by atoms with Gasteiger partial charge in [0.1, 0.15) is 18.9 Å². The average Bonchev–Trinajstić information content (AvgIpc) is 3.07. The Bertz CT molecular complexity index is 1040. The highest BCUT2D eigenvalue weighted by atomic mass is 32.2. The lowest BCUT2D eigenvalue weighted by atomic mass is 10.1. The van der Waals surface area contributed by atoms with E-state index in [2.05, 4.69) is 0 Å². The summed E-state index contributed by atoms with van der Waals surface area (Å²) in [6.45, 7) is 4.10. The Morgan fingerprint density at radius 1 is 1.12 bits per heavy atom. The van der Waals surface area contributed by atoms with Crippen LogP contribution in [0.1, 0.15) is 16.7 Å². The van der Waals surface area contributed by atoms with E-state index in [-0.39, 0.29) is 12.5 Å². The second kappa shape index (κ2) is 10.0. The molecule has 0 radical (unpaired) electrons. The molecule has 2 aromatic rings. The fraction of sp³-hybridized carbons (Fsp3) is 0.292. The standard InChI is InChI=1S/C24H24N2O5S/c1-17-5-7-18(8-6-17)16-31-20-4-2-3-19(13-20)14-21-23(28)26(24(29)32-21)15-22(27)25-9-11-30-12-10-25/h2-8,13-14H,9-12,15-16H2,1H3/b21-14-. The van der Waals surface area contributed by atoms with Gasteiger partial charge in [-0.2, -0.15) is 0 Å². The number of hydrogen-bond donors (Lipinski definition) is 0. The highest BCUT2D eigenvalue weighted by molar-refractivity contribution is 8.18. The fourth-order valence-electron chi connectivity index (χ4n) is 3.38. The monoisotopic (exact) mass is 452 g/mol. The zero-order chi connectivity index (χ0) is 22.5. The maximum Gasteiger partial charge on any atom is 0.294 e. The van der Waals surface area contributed by atoms with Crippen molar-refractivity contribution in [3.8, 4) is 5.75 Å². The number of imide groups is 1. The van der Waals surface area contributed by atoms with Crippen LogP contribution < -0.4 is 4.74 Å². The molecule has 2 fully saturated rings. The number of thioether (sulfide) groups is 1. The highest BCUT2D eigenvalue weighted by Gasteiger charge is 2.37. The van der Waals surface area contributed by atoms with Crippen molar-refractivity contribution in [3.63, 3.8) is 0 Å². The fourth-order valence-corrected chi connectivity index (χ4v) is 4.22. The molecular formula is C24H24N2O5S. The van der Waals surface area contributed by atoms with E-state index in [0.717, 1.165) is 27.8 Å². The maximum absolute atomic E-state index is 12.8. The predicted molar refractivity (Wildman–Crippen MR) is 122 cm³/mol. The van der Waals surface area contributed by atoms with Crippen LogP contribution in [0.25, 0.3) is 6.08 Å². The summed E-state index contributed by atoms with van der Waals surface area (Å²) in [7, 11) is 0. The van der Waals surface area contributed by atoms with Gasteiger partial charge in [-0.1, -0.05) is 42.0 Å². The molecule has 2 aromatic carbocycles. The first-order valence-electron chi connectivity index (χ1n) is 10.4. The van der Waals surface area contributed by atoms with Crippen molar-refractivity contribution >= 4 is 34.9 Å². The van der Waals surface area contributed by atoms with Gasteiger partial charge in [-0.25, -0.2) is 0 Å². The van der Waals surface area contributed by atoms with Crippen molar-refractivity contribution < 1.29 is 23.9 Å². The summed E-state index contributed by atoms with van der Waals surface area (Å²) in [4.78, 5) is 40.5. The SMILES string of the molecule is Cc1ccc(COc2cccc(/C=C3\SC(=O)N(CC(=O)N4CCOCC4)C3=O)c2)cc1. The molecule has 2 aliphatic rings. The molecule has 2 aliphatic heterocycles. The second-order valence-corrected chi connectivity index (χ2v) is 8.60. The quantitative estimate of drug-likeness (QED) is 0.625. The molecule has 166 valence electrons. The molecule has 0 spiro atoms. The van der Waals surface area contributed by atoms with E-state index in [1.165, 1.54) is 5.56 Å². The van der Waals surface area contributed by atoms with Crippen LogP contribution in [0.15, 0.2) is 53.4 Å². The Labute approximate surface area is 191 Å². The van der Waals surface area contributed by atoms with Gasteiger partial charge in [0, 0.05) is 13.1 Å². The molecule has 32 heavy (non-hydrogen) atoms. The summed E-state index contributed by atoms with van der Waals surface area (Å²) in [5.41, 5.74) is 3.00. The number of benzene rings is 2. The van der Waals surface area contributed by atoms with E-state index in [4.69, 9.17) is 9.47 Å². The lowest BCUT2D eigenvalue weighted by Gasteiger charge is -2.28. The maximum atomic E-state index is 12.8. The van der Waals surface area contributed by atoms with E-state index in [9.17, 15) is 14.4 Å². The molecule has 0 unspecified atom stereocenters. The first-order chi connectivity index (χ1) is 15.5. The Hall–Kier alpha value is -3.10. The Morgan fingerprint density at radius 2 is 1.88 bits per heavy atom. The summed E-state index contributed by atoms with van der Waals surface area (Å²) < 4.78 is 11.1. The number of hydrogen-bond acceptors (Lipinski definition) is 6. The number of nitrogens with zero attached hydrogens (tertiary/aromatic N) is 2. The Morgan fingerprint density at radius 3 is 2.62 bits per heavy atom. The van der Waals surface area contributed by atoms with Crippen LogP contribution in [0, 0.1) is 6.92 Å². The molecule has 7 nitrogen and oxygen atoms in total. The molecule has 2 heterocycles. The van der Waals surface area contributed by atoms with Gasteiger partial charge >= 0.3 is 0 Å². The molecule has 8 heteroatoms. The van der Waals surface area contributed by atoms with Crippen LogP contribution >= 0.6 is 11.8 Å². The smallest absolute Gasteiger partial charge is 0.294 e. The van der Waals surface area contributed by atoms with E-state index in [1.807, 2.05) is 55.5 Å². The normalized spacial score (nSPS) is 17.8. The van der Waals surface area contributed by atoms with E-state index >= 15 is 0 Å². The first-order valence-corrected chi connectivity index (χ1v) is 11.2. The number of ether oxygens (including phenoxy) is 2. The van der Waals surface area contributed by atoms with Crippen LogP contribution in [0.5, 0.6) is 5.75 Å². The third kappa shape index (κ3) is 5.38. The number of aryl methyl sites for hydroxylation is 1. The molecule has 2 saturated heterocycles. The molecular weight excluding hydrogens is 428 g/mol. The third-order valence-electron chi connectivity index (χ3n) is 5.21. The van der Waals surface area contributed by atoms with Crippen LogP contribution in [0.3, 0.4) is 0 Å². The van der Waals surface area contributed by atoms with Crippen LogP contribution in [0.4, 0.5) is 4.79 Å². The number of amides is 3. The number of morpholine rings is 1. The predicted octanol–water partition coefficient (Wildman–Crippen LogP) is 3.47. The van der Waals surface area contributed by atoms with Crippen LogP contribution in [-0.4, -0.2) is 59.7 Å². The van der Waals surface area contributed by atoms with Crippen molar-refractivity contribution in [1.29, 1.82) is 0 Å². The summed E-state index contributed by atoms with van der Waals surface area (Å²) in [6, 6.07) is 15.5. The van der Waals surface area contributed by atoms with Gasteiger partial charge in [-0.05, 0) is 48.0 Å². The summed E-state index contributed by atoms with van der Waals surface area (Å²) in [5.74, 6) is -0.0306. The highest BCUT2D eigenvalue weighted by Crippen LogP contribution is 2.32. The number of carbonyl (C=O) groups excluding carboxylic acids is 3. The molecule has 0 N–H and O–H groups in total. The average molecular weight is 453 g/mol. The van der Waals surface area contributed by atoms with E-state index in [0.29, 0.717) is 43.6 Å². The number of carbonyl (C=O) groups is 3. The zero-order valence-corrected chi connectivity index (χ0v) is 18.6. The van der Waals surface area contributed by atoms with Crippen molar-refractivity contribution in [3.05, 3.63) is 70.1 Å². The van der Waals surface area contributed by atoms with Gasteiger partial charge in [0.05, 0.1) is 18.1 Å². The third-order valence-corrected chi connectivity index (χ3v) is 6.12. The van der Waals surface area contributed by atoms with E-state index < -0.39 is 11.1 Å². The first kappa shape index (κ1) is 22.1. The minimum Gasteiger partial charge on any atom is -0.489 e. The minimum atomic E-state index is -0.451.